The molecule has 0 unspecified atom stereocenters. The third-order valence-electron chi connectivity index (χ3n) is 4.97. The van der Waals surface area contributed by atoms with Crippen LogP contribution in [0.1, 0.15) is 24.5 Å². The minimum atomic E-state index is -0.418. The van der Waals surface area contributed by atoms with Gasteiger partial charge in [-0.3, -0.25) is 4.79 Å². The Hall–Kier alpha value is -2.49. The number of amides is 1. The van der Waals surface area contributed by atoms with Gasteiger partial charge in [0.25, 0.3) is 5.91 Å². The maximum atomic E-state index is 13.0. The van der Waals surface area contributed by atoms with Crippen LogP contribution in [0.4, 0.5) is 5.69 Å². The predicted molar refractivity (Wildman–Crippen MR) is 106 cm³/mol. The zero-order valence-electron chi connectivity index (χ0n) is 15.9. The fourth-order valence-electron chi connectivity index (χ4n) is 3.32. The summed E-state index contributed by atoms with van der Waals surface area (Å²) in [5, 5.41) is 0. The smallest absolute Gasteiger partial charge is 0.263 e. The van der Waals surface area contributed by atoms with Crippen molar-refractivity contribution in [2.45, 2.75) is 33.3 Å². The second-order valence-corrected chi connectivity index (χ2v) is 6.93. The lowest BCUT2D eigenvalue weighted by atomic mass is 10.1. The van der Waals surface area contributed by atoms with E-state index in [2.05, 4.69) is 35.2 Å². The fourth-order valence-corrected chi connectivity index (χ4v) is 3.32. The van der Waals surface area contributed by atoms with Crippen molar-refractivity contribution in [1.82, 2.24) is 4.90 Å². The summed E-state index contributed by atoms with van der Waals surface area (Å²) in [7, 11) is 0. The number of piperazine rings is 1. The molecule has 1 atom stereocenters. The normalized spacial score (nSPS) is 15.7. The third kappa shape index (κ3) is 4.18. The Morgan fingerprint density at radius 3 is 2.38 bits per heavy atom. The van der Waals surface area contributed by atoms with Gasteiger partial charge in [0.05, 0.1) is 0 Å². The number of para-hydroxylation sites is 1. The molecule has 2 aromatic carbocycles. The molecule has 138 valence electrons. The highest BCUT2D eigenvalue weighted by Gasteiger charge is 2.28. The molecule has 4 heteroatoms. The Labute approximate surface area is 156 Å². The van der Waals surface area contributed by atoms with E-state index in [-0.39, 0.29) is 5.91 Å². The van der Waals surface area contributed by atoms with Crippen LogP contribution in [0.5, 0.6) is 5.75 Å². The van der Waals surface area contributed by atoms with Crippen molar-refractivity contribution in [3.8, 4) is 5.75 Å². The van der Waals surface area contributed by atoms with Crippen LogP contribution in [-0.2, 0) is 4.79 Å². The molecule has 1 heterocycles. The van der Waals surface area contributed by atoms with E-state index >= 15 is 0 Å². The van der Waals surface area contributed by atoms with E-state index in [4.69, 9.17) is 4.74 Å². The largest absolute Gasteiger partial charge is 0.480 e. The molecular formula is C22H28N2O2. The number of ether oxygens (including phenoxy) is 1. The zero-order valence-corrected chi connectivity index (χ0v) is 15.9. The van der Waals surface area contributed by atoms with Crippen LogP contribution in [0.3, 0.4) is 0 Å². The van der Waals surface area contributed by atoms with Gasteiger partial charge in [0.1, 0.15) is 5.75 Å². The second kappa shape index (κ2) is 8.26. The molecule has 4 nitrogen and oxygen atoms in total. The Morgan fingerprint density at radius 2 is 1.73 bits per heavy atom. The van der Waals surface area contributed by atoms with Gasteiger partial charge in [0, 0.05) is 31.9 Å². The lowest BCUT2D eigenvalue weighted by molar-refractivity contribution is -0.139. The number of benzene rings is 2. The van der Waals surface area contributed by atoms with Crippen molar-refractivity contribution in [3.63, 3.8) is 0 Å². The van der Waals surface area contributed by atoms with Crippen LogP contribution in [0.2, 0.25) is 0 Å². The van der Waals surface area contributed by atoms with Crippen LogP contribution in [0.25, 0.3) is 0 Å². The highest BCUT2D eigenvalue weighted by molar-refractivity contribution is 5.81. The van der Waals surface area contributed by atoms with Crippen LogP contribution < -0.4 is 9.64 Å². The van der Waals surface area contributed by atoms with Crippen molar-refractivity contribution >= 4 is 11.6 Å². The Bertz CT molecular complexity index is 737. The number of hydrogen-bond donors (Lipinski definition) is 0. The van der Waals surface area contributed by atoms with Crippen LogP contribution >= 0.6 is 0 Å². The lowest BCUT2D eigenvalue weighted by Crippen LogP contribution is -2.52. The summed E-state index contributed by atoms with van der Waals surface area (Å²) >= 11 is 0. The molecule has 0 aliphatic carbocycles. The second-order valence-electron chi connectivity index (χ2n) is 6.93. The molecule has 0 saturated carbocycles. The molecule has 0 radical (unpaired) electrons. The number of aryl methyl sites for hydroxylation is 2. The van der Waals surface area contributed by atoms with Crippen LogP contribution in [0.15, 0.2) is 48.5 Å². The molecule has 1 amide bonds. The lowest BCUT2D eigenvalue weighted by Gasteiger charge is -2.37. The molecular weight excluding hydrogens is 324 g/mol. The number of hydrogen-bond acceptors (Lipinski definition) is 3. The highest BCUT2D eigenvalue weighted by atomic mass is 16.5. The van der Waals surface area contributed by atoms with Crippen molar-refractivity contribution in [1.29, 1.82) is 0 Å². The Kier molecular flexibility index (Phi) is 5.82. The molecule has 0 aromatic heterocycles. The summed E-state index contributed by atoms with van der Waals surface area (Å²) in [4.78, 5) is 17.2. The van der Waals surface area contributed by atoms with Gasteiger partial charge >= 0.3 is 0 Å². The number of rotatable bonds is 5. The molecule has 0 spiro atoms. The number of nitrogens with zero attached hydrogens (tertiary/aromatic N) is 2. The summed E-state index contributed by atoms with van der Waals surface area (Å²) in [5.41, 5.74) is 3.43. The molecule has 1 fully saturated rings. The third-order valence-corrected chi connectivity index (χ3v) is 4.97. The van der Waals surface area contributed by atoms with Crippen molar-refractivity contribution < 1.29 is 9.53 Å². The molecule has 1 aliphatic rings. The number of carbonyl (C=O) groups excluding carboxylic acids is 1. The van der Waals surface area contributed by atoms with E-state index in [9.17, 15) is 4.79 Å². The van der Waals surface area contributed by atoms with E-state index < -0.39 is 6.10 Å². The summed E-state index contributed by atoms with van der Waals surface area (Å²) in [6, 6.07) is 16.5. The molecule has 1 saturated heterocycles. The molecule has 26 heavy (non-hydrogen) atoms. The van der Waals surface area contributed by atoms with Crippen LogP contribution in [-0.4, -0.2) is 43.1 Å². The van der Waals surface area contributed by atoms with Gasteiger partial charge in [-0.2, -0.15) is 0 Å². The number of carbonyl (C=O) groups is 1. The molecule has 3 rings (SSSR count). The van der Waals surface area contributed by atoms with E-state index in [0.29, 0.717) is 6.42 Å². The molecule has 0 bridgehead atoms. The first kappa shape index (κ1) is 18.3. The quantitative estimate of drug-likeness (QED) is 0.820. The van der Waals surface area contributed by atoms with E-state index in [1.807, 2.05) is 43.9 Å². The zero-order chi connectivity index (χ0) is 18.5. The fraction of sp³-hybridized carbons (Fsp3) is 0.409. The van der Waals surface area contributed by atoms with E-state index in [1.165, 1.54) is 5.69 Å². The first-order valence-corrected chi connectivity index (χ1v) is 9.41. The first-order valence-electron chi connectivity index (χ1n) is 9.41. The standard InChI is InChI=1S/C22H28N2O2/c1-4-20(26-21-16-17(2)10-11-18(21)3)22(25)24-14-12-23(13-15-24)19-8-6-5-7-9-19/h5-11,16,20H,4,12-15H2,1-3H3/t20-/m0/s1. The Balaban J connectivity index is 1.62. The molecule has 2 aromatic rings. The highest BCUT2D eigenvalue weighted by Crippen LogP contribution is 2.22. The summed E-state index contributed by atoms with van der Waals surface area (Å²) in [6.07, 6.45) is 0.254. The summed E-state index contributed by atoms with van der Waals surface area (Å²) in [6.45, 7) is 9.25. The topological polar surface area (TPSA) is 32.8 Å². The average molecular weight is 352 g/mol. The Morgan fingerprint density at radius 1 is 1.04 bits per heavy atom. The molecule has 0 N–H and O–H groups in total. The summed E-state index contributed by atoms with van der Waals surface area (Å²) in [5.74, 6) is 0.911. The maximum Gasteiger partial charge on any atom is 0.263 e. The van der Waals surface area contributed by atoms with Gasteiger partial charge in [-0.25, -0.2) is 0 Å². The van der Waals surface area contributed by atoms with E-state index in [1.54, 1.807) is 0 Å². The van der Waals surface area contributed by atoms with Gasteiger partial charge in [-0.15, -0.1) is 0 Å². The average Bonchev–Trinajstić information content (AvgIpc) is 2.69. The van der Waals surface area contributed by atoms with Gasteiger partial charge in [-0.05, 0) is 49.6 Å². The van der Waals surface area contributed by atoms with Gasteiger partial charge in [-0.1, -0.05) is 37.3 Å². The first-order chi connectivity index (χ1) is 12.6. The van der Waals surface area contributed by atoms with Crippen molar-refractivity contribution in [2.75, 3.05) is 31.1 Å². The van der Waals surface area contributed by atoms with Crippen LogP contribution in [0, 0.1) is 13.8 Å². The minimum absolute atomic E-state index is 0.0983. The molecule has 1 aliphatic heterocycles. The van der Waals surface area contributed by atoms with Crippen molar-refractivity contribution in [2.24, 2.45) is 0 Å². The maximum absolute atomic E-state index is 13.0. The minimum Gasteiger partial charge on any atom is -0.480 e. The SMILES string of the molecule is CC[C@H](Oc1cc(C)ccc1C)C(=O)N1CCN(c2ccccc2)CC1. The monoisotopic (exact) mass is 352 g/mol. The summed E-state index contributed by atoms with van der Waals surface area (Å²) < 4.78 is 6.10. The van der Waals surface area contributed by atoms with Gasteiger partial charge in [0.2, 0.25) is 0 Å². The van der Waals surface area contributed by atoms with Crippen molar-refractivity contribution in [3.05, 3.63) is 59.7 Å². The van der Waals surface area contributed by atoms with Gasteiger partial charge in [0.15, 0.2) is 6.10 Å². The number of anilines is 1. The van der Waals surface area contributed by atoms with Gasteiger partial charge < -0.3 is 14.5 Å². The van der Waals surface area contributed by atoms with E-state index in [0.717, 1.165) is 43.1 Å². The predicted octanol–water partition coefficient (Wildman–Crippen LogP) is 3.81.